The number of likely N-dealkylation sites (tertiary alicyclic amines) is 1. The fraction of sp³-hybridized carbons (Fsp3) is 0.350. The van der Waals surface area contributed by atoms with Crippen LogP contribution in [-0.2, 0) is 6.61 Å². The number of amides is 1. The highest BCUT2D eigenvalue weighted by Crippen LogP contribution is 2.20. The van der Waals surface area contributed by atoms with Crippen LogP contribution >= 0.6 is 0 Å². The lowest BCUT2D eigenvalue weighted by molar-refractivity contribution is 0.0683. The average Bonchev–Trinajstić information content (AvgIpc) is 2.61. The number of ether oxygens (including phenoxy) is 1. The van der Waals surface area contributed by atoms with Gasteiger partial charge in [0.25, 0.3) is 5.91 Å². The number of piperidine rings is 1. The standard InChI is InChI=1S/C20H23NO2/c1-16-6-5-13-21(14-16)20(22)18-9-11-19(12-10-18)23-15-17-7-3-2-4-8-17/h2-4,7-12,16H,5-6,13-15H2,1H3. The van der Waals surface area contributed by atoms with Crippen molar-refractivity contribution in [3.05, 3.63) is 65.7 Å². The molecule has 2 aromatic rings. The lowest BCUT2D eigenvalue weighted by Gasteiger charge is -2.31. The largest absolute Gasteiger partial charge is 0.489 e. The fourth-order valence-electron chi connectivity index (χ4n) is 2.99. The average molecular weight is 309 g/mol. The summed E-state index contributed by atoms with van der Waals surface area (Å²) in [5.74, 6) is 1.52. The van der Waals surface area contributed by atoms with Gasteiger partial charge in [-0.25, -0.2) is 0 Å². The second kappa shape index (κ2) is 7.32. The van der Waals surface area contributed by atoms with E-state index in [2.05, 4.69) is 6.92 Å². The van der Waals surface area contributed by atoms with Crippen molar-refractivity contribution in [3.8, 4) is 5.75 Å². The van der Waals surface area contributed by atoms with Crippen LogP contribution in [0.3, 0.4) is 0 Å². The molecule has 1 fully saturated rings. The summed E-state index contributed by atoms with van der Waals surface area (Å²) < 4.78 is 5.76. The molecule has 1 heterocycles. The highest BCUT2D eigenvalue weighted by Gasteiger charge is 2.21. The van der Waals surface area contributed by atoms with Crippen molar-refractivity contribution in [3.63, 3.8) is 0 Å². The van der Waals surface area contributed by atoms with Gasteiger partial charge in [0.2, 0.25) is 0 Å². The number of carbonyl (C=O) groups is 1. The predicted molar refractivity (Wildman–Crippen MR) is 91.5 cm³/mol. The quantitative estimate of drug-likeness (QED) is 0.849. The van der Waals surface area contributed by atoms with E-state index in [9.17, 15) is 4.79 Å². The highest BCUT2D eigenvalue weighted by atomic mass is 16.5. The van der Waals surface area contributed by atoms with Crippen molar-refractivity contribution < 1.29 is 9.53 Å². The van der Waals surface area contributed by atoms with Crippen LogP contribution in [0.4, 0.5) is 0 Å². The summed E-state index contributed by atoms with van der Waals surface area (Å²) in [4.78, 5) is 14.5. The van der Waals surface area contributed by atoms with Crippen LogP contribution in [-0.4, -0.2) is 23.9 Å². The van der Waals surface area contributed by atoms with Crippen molar-refractivity contribution in [2.24, 2.45) is 5.92 Å². The zero-order chi connectivity index (χ0) is 16.1. The third-order valence-electron chi connectivity index (χ3n) is 4.29. The van der Waals surface area contributed by atoms with Crippen LogP contribution in [0, 0.1) is 5.92 Å². The molecule has 1 saturated heterocycles. The Hall–Kier alpha value is -2.29. The van der Waals surface area contributed by atoms with E-state index in [1.165, 1.54) is 6.42 Å². The maximum atomic E-state index is 12.5. The SMILES string of the molecule is CC1CCCN(C(=O)c2ccc(OCc3ccccc3)cc2)C1. The molecule has 0 saturated carbocycles. The molecule has 3 rings (SSSR count). The summed E-state index contributed by atoms with van der Waals surface area (Å²) in [6, 6.07) is 17.5. The molecule has 2 aromatic carbocycles. The molecule has 3 nitrogen and oxygen atoms in total. The summed E-state index contributed by atoms with van der Waals surface area (Å²) in [6.07, 6.45) is 2.32. The Labute approximate surface area is 137 Å². The van der Waals surface area contributed by atoms with Gasteiger partial charge in [0.1, 0.15) is 12.4 Å². The molecule has 23 heavy (non-hydrogen) atoms. The van der Waals surface area contributed by atoms with Crippen LogP contribution in [0.5, 0.6) is 5.75 Å². The lowest BCUT2D eigenvalue weighted by Crippen LogP contribution is -2.39. The van der Waals surface area contributed by atoms with Crippen LogP contribution in [0.1, 0.15) is 35.7 Å². The van der Waals surface area contributed by atoms with E-state index in [4.69, 9.17) is 4.74 Å². The summed E-state index contributed by atoms with van der Waals surface area (Å²) in [5, 5.41) is 0. The van der Waals surface area contributed by atoms with Crippen molar-refractivity contribution in [2.75, 3.05) is 13.1 Å². The van der Waals surface area contributed by atoms with E-state index in [-0.39, 0.29) is 5.91 Å². The van der Waals surface area contributed by atoms with Gasteiger partial charge >= 0.3 is 0 Å². The fourth-order valence-corrected chi connectivity index (χ4v) is 2.99. The van der Waals surface area contributed by atoms with Crippen molar-refractivity contribution in [1.82, 2.24) is 4.90 Å². The van der Waals surface area contributed by atoms with Gasteiger partial charge in [-0.1, -0.05) is 37.3 Å². The molecule has 0 radical (unpaired) electrons. The monoisotopic (exact) mass is 309 g/mol. The van der Waals surface area contributed by atoms with Crippen LogP contribution in [0.25, 0.3) is 0 Å². The van der Waals surface area contributed by atoms with Gasteiger partial charge in [0, 0.05) is 18.7 Å². The third kappa shape index (κ3) is 4.13. The molecule has 1 aliphatic rings. The number of hydrogen-bond donors (Lipinski definition) is 0. The number of benzene rings is 2. The first-order valence-corrected chi connectivity index (χ1v) is 8.28. The second-order valence-electron chi connectivity index (χ2n) is 6.30. The summed E-state index contributed by atoms with van der Waals surface area (Å²) >= 11 is 0. The van der Waals surface area contributed by atoms with E-state index in [0.29, 0.717) is 12.5 Å². The van der Waals surface area contributed by atoms with Gasteiger partial charge in [0.05, 0.1) is 0 Å². The Bertz CT molecular complexity index is 636. The van der Waals surface area contributed by atoms with Gasteiger partial charge in [-0.05, 0) is 48.6 Å². The van der Waals surface area contributed by atoms with Crippen LogP contribution in [0.15, 0.2) is 54.6 Å². The number of nitrogens with zero attached hydrogens (tertiary/aromatic N) is 1. The van der Waals surface area contributed by atoms with Gasteiger partial charge in [-0.3, -0.25) is 4.79 Å². The summed E-state index contributed by atoms with van der Waals surface area (Å²) in [7, 11) is 0. The number of rotatable bonds is 4. The molecular weight excluding hydrogens is 286 g/mol. The van der Waals surface area contributed by atoms with Gasteiger partial charge in [-0.2, -0.15) is 0 Å². The molecule has 1 unspecified atom stereocenters. The Balaban J connectivity index is 1.59. The first-order chi connectivity index (χ1) is 11.2. The van der Waals surface area contributed by atoms with E-state index in [1.54, 1.807) is 0 Å². The van der Waals surface area contributed by atoms with Crippen LogP contribution in [0.2, 0.25) is 0 Å². The molecule has 0 N–H and O–H groups in total. The lowest BCUT2D eigenvalue weighted by atomic mass is 9.99. The van der Waals surface area contributed by atoms with Crippen molar-refractivity contribution >= 4 is 5.91 Å². The summed E-state index contributed by atoms with van der Waals surface area (Å²) in [6.45, 7) is 4.48. The van der Waals surface area contributed by atoms with Crippen LogP contribution < -0.4 is 4.74 Å². The third-order valence-corrected chi connectivity index (χ3v) is 4.29. The molecule has 0 aromatic heterocycles. The first-order valence-electron chi connectivity index (χ1n) is 8.28. The minimum Gasteiger partial charge on any atom is -0.489 e. The number of hydrogen-bond acceptors (Lipinski definition) is 2. The Kier molecular flexibility index (Phi) is 4.96. The molecule has 1 amide bonds. The second-order valence-corrected chi connectivity index (χ2v) is 6.30. The van der Waals surface area contributed by atoms with E-state index >= 15 is 0 Å². The maximum Gasteiger partial charge on any atom is 0.253 e. The molecule has 1 aliphatic heterocycles. The van der Waals surface area contributed by atoms with E-state index in [1.807, 2.05) is 59.5 Å². The van der Waals surface area contributed by atoms with E-state index < -0.39 is 0 Å². The maximum absolute atomic E-state index is 12.5. The minimum atomic E-state index is 0.131. The normalized spacial score (nSPS) is 17.8. The molecule has 3 heteroatoms. The van der Waals surface area contributed by atoms with Crippen molar-refractivity contribution in [1.29, 1.82) is 0 Å². The smallest absolute Gasteiger partial charge is 0.253 e. The first kappa shape index (κ1) is 15.6. The zero-order valence-corrected chi connectivity index (χ0v) is 13.6. The molecule has 1 atom stereocenters. The Morgan fingerprint density at radius 2 is 1.87 bits per heavy atom. The molecule has 0 aliphatic carbocycles. The number of carbonyl (C=O) groups excluding carboxylic acids is 1. The van der Waals surface area contributed by atoms with Crippen molar-refractivity contribution in [2.45, 2.75) is 26.4 Å². The molecule has 0 bridgehead atoms. The van der Waals surface area contributed by atoms with Gasteiger partial charge in [0.15, 0.2) is 0 Å². The zero-order valence-electron chi connectivity index (χ0n) is 13.6. The highest BCUT2D eigenvalue weighted by molar-refractivity contribution is 5.94. The molecular formula is C20H23NO2. The molecule has 120 valence electrons. The Morgan fingerprint density at radius 1 is 1.13 bits per heavy atom. The Morgan fingerprint density at radius 3 is 2.57 bits per heavy atom. The molecule has 0 spiro atoms. The van der Waals surface area contributed by atoms with E-state index in [0.717, 1.165) is 36.4 Å². The summed E-state index contributed by atoms with van der Waals surface area (Å²) in [5.41, 5.74) is 1.88. The minimum absolute atomic E-state index is 0.131. The predicted octanol–water partition coefficient (Wildman–Crippen LogP) is 4.14. The topological polar surface area (TPSA) is 29.5 Å². The van der Waals surface area contributed by atoms with Gasteiger partial charge < -0.3 is 9.64 Å². The van der Waals surface area contributed by atoms with Gasteiger partial charge in [-0.15, -0.1) is 0 Å².